The fourth-order valence-corrected chi connectivity index (χ4v) is 3.35. The van der Waals surface area contributed by atoms with Gasteiger partial charge in [-0.05, 0) is 44.0 Å². The van der Waals surface area contributed by atoms with Crippen LogP contribution in [0, 0.1) is 17.2 Å². The monoisotopic (exact) mass is 413 g/mol. The predicted octanol–water partition coefficient (Wildman–Crippen LogP) is 3.67. The Kier molecular flexibility index (Phi) is 7.46. The molecule has 0 bridgehead atoms. The van der Waals surface area contributed by atoms with Crippen molar-refractivity contribution in [3.63, 3.8) is 0 Å². The van der Waals surface area contributed by atoms with E-state index in [1.807, 2.05) is 42.7 Å². The van der Waals surface area contributed by atoms with Crippen LogP contribution in [0.4, 0.5) is 0 Å². The molecule has 0 spiro atoms. The van der Waals surface area contributed by atoms with Gasteiger partial charge in [-0.25, -0.2) is 0 Å². The number of nitriles is 1. The Labute approximate surface area is 176 Å². The summed E-state index contributed by atoms with van der Waals surface area (Å²) >= 11 is 1.30. The van der Waals surface area contributed by atoms with Crippen LogP contribution in [0.3, 0.4) is 0 Å². The summed E-state index contributed by atoms with van der Waals surface area (Å²) in [6.07, 6.45) is 1.76. The lowest BCUT2D eigenvalue weighted by molar-refractivity contribution is -0.121. The smallest absolute Gasteiger partial charge is 0.234 e. The van der Waals surface area contributed by atoms with Gasteiger partial charge < -0.3 is 10.1 Å². The zero-order valence-corrected chi connectivity index (χ0v) is 18.3. The van der Waals surface area contributed by atoms with Crippen molar-refractivity contribution in [2.24, 2.45) is 5.92 Å². The quantitative estimate of drug-likeness (QED) is 0.498. The number of rotatable bonds is 9. The van der Waals surface area contributed by atoms with Crippen LogP contribution in [0.2, 0.25) is 0 Å². The van der Waals surface area contributed by atoms with E-state index >= 15 is 0 Å². The third kappa shape index (κ3) is 5.18. The molecule has 1 heterocycles. The molecule has 1 amide bonds. The second kappa shape index (κ2) is 9.61. The highest BCUT2D eigenvalue weighted by molar-refractivity contribution is 8.00. The average Bonchev–Trinajstić information content (AvgIpc) is 3.10. The van der Waals surface area contributed by atoms with Gasteiger partial charge in [0, 0.05) is 12.1 Å². The Morgan fingerprint density at radius 1 is 1.38 bits per heavy atom. The van der Waals surface area contributed by atoms with Gasteiger partial charge >= 0.3 is 0 Å². The number of hydrogen-bond donors (Lipinski definition) is 1. The first-order valence-corrected chi connectivity index (χ1v) is 10.2. The Morgan fingerprint density at radius 2 is 2.03 bits per heavy atom. The molecule has 0 aliphatic rings. The number of hydrogen-bond acceptors (Lipinski definition) is 6. The second-order valence-electron chi connectivity index (χ2n) is 7.15. The fourth-order valence-electron chi connectivity index (χ4n) is 2.49. The van der Waals surface area contributed by atoms with Crippen molar-refractivity contribution in [1.29, 1.82) is 5.26 Å². The number of allylic oxidation sites excluding steroid dienone is 1. The van der Waals surface area contributed by atoms with Gasteiger partial charge in [-0.1, -0.05) is 31.7 Å². The van der Waals surface area contributed by atoms with Crippen LogP contribution in [0.15, 0.2) is 42.1 Å². The van der Waals surface area contributed by atoms with E-state index in [9.17, 15) is 10.1 Å². The normalized spacial score (nSPS) is 14.0. The summed E-state index contributed by atoms with van der Waals surface area (Å²) in [4.78, 5) is 12.7. The lowest BCUT2D eigenvalue weighted by Crippen LogP contribution is -2.51. The Morgan fingerprint density at radius 3 is 2.55 bits per heavy atom. The van der Waals surface area contributed by atoms with Crippen molar-refractivity contribution in [3.05, 3.63) is 36.9 Å². The standard InChI is InChI=1S/C21H27N5O2S/c1-7-12-26-18(16-8-10-17(28-6)11-9-16)24-25-20(26)29-15(4)19(27)23-21(5,13-22)14(2)3/h7-11,14-15H,1,12H2,2-6H3,(H,23,27)/t15-,21-/m1/s1. The lowest BCUT2D eigenvalue weighted by atomic mass is 9.90. The van der Waals surface area contributed by atoms with E-state index in [0.717, 1.165) is 11.3 Å². The Hall–Kier alpha value is -2.79. The van der Waals surface area contributed by atoms with Gasteiger partial charge in [0.15, 0.2) is 11.0 Å². The number of amides is 1. The van der Waals surface area contributed by atoms with Gasteiger partial charge in [0.25, 0.3) is 0 Å². The van der Waals surface area contributed by atoms with Crippen molar-refractivity contribution < 1.29 is 9.53 Å². The van der Waals surface area contributed by atoms with Crippen LogP contribution >= 0.6 is 11.8 Å². The number of ether oxygens (including phenoxy) is 1. The number of nitrogens with zero attached hydrogens (tertiary/aromatic N) is 4. The minimum atomic E-state index is -0.922. The number of benzene rings is 1. The SMILES string of the molecule is C=CCn1c(S[C@H](C)C(=O)N[C@](C)(C#N)C(C)C)nnc1-c1ccc(OC)cc1. The van der Waals surface area contributed by atoms with Crippen molar-refractivity contribution in [2.75, 3.05) is 7.11 Å². The average molecular weight is 414 g/mol. The molecule has 0 unspecified atom stereocenters. The topological polar surface area (TPSA) is 92.8 Å². The van der Waals surface area contributed by atoms with Crippen LogP contribution in [-0.4, -0.2) is 38.6 Å². The largest absolute Gasteiger partial charge is 0.497 e. The molecule has 1 aromatic carbocycles. The van der Waals surface area contributed by atoms with Crippen LogP contribution in [0.25, 0.3) is 11.4 Å². The minimum Gasteiger partial charge on any atom is -0.497 e. The molecule has 0 saturated heterocycles. The predicted molar refractivity (Wildman–Crippen MR) is 115 cm³/mol. The third-order valence-corrected chi connectivity index (χ3v) is 5.88. The molecule has 2 atom stereocenters. The third-order valence-electron chi connectivity index (χ3n) is 4.80. The first kappa shape index (κ1) is 22.5. The van der Waals surface area contributed by atoms with E-state index in [4.69, 9.17) is 4.74 Å². The van der Waals surface area contributed by atoms with E-state index in [-0.39, 0.29) is 11.8 Å². The molecule has 8 heteroatoms. The lowest BCUT2D eigenvalue weighted by Gasteiger charge is -2.28. The molecular weight excluding hydrogens is 386 g/mol. The summed E-state index contributed by atoms with van der Waals surface area (Å²) in [5.41, 5.74) is -0.0319. The highest BCUT2D eigenvalue weighted by Gasteiger charge is 2.32. The molecular formula is C21H27N5O2S. The van der Waals surface area contributed by atoms with Gasteiger partial charge in [0.2, 0.25) is 5.91 Å². The van der Waals surface area contributed by atoms with Crippen LogP contribution < -0.4 is 10.1 Å². The maximum atomic E-state index is 12.7. The molecule has 29 heavy (non-hydrogen) atoms. The second-order valence-corrected chi connectivity index (χ2v) is 8.46. The fraction of sp³-hybridized carbons (Fsp3) is 0.429. The van der Waals surface area contributed by atoms with Crippen molar-refractivity contribution in [3.8, 4) is 23.2 Å². The Bertz CT molecular complexity index is 901. The number of carbonyl (C=O) groups excluding carboxylic acids is 1. The number of methoxy groups -OCH3 is 1. The molecule has 0 fully saturated rings. The van der Waals surface area contributed by atoms with Gasteiger partial charge in [-0.3, -0.25) is 9.36 Å². The van der Waals surface area contributed by atoms with Crippen molar-refractivity contribution >= 4 is 17.7 Å². The number of thioether (sulfide) groups is 1. The summed E-state index contributed by atoms with van der Waals surface area (Å²) < 4.78 is 7.11. The molecule has 154 valence electrons. The van der Waals surface area contributed by atoms with E-state index < -0.39 is 10.8 Å². The summed E-state index contributed by atoms with van der Waals surface area (Å²) in [5.74, 6) is 1.22. The van der Waals surface area contributed by atoms with E-state index in [2.05, 4.69) is 28.2 Å². The summed E-state index contributed by atoms with van der Waals surface area (Å²) in [5, 5.41) is 21.0. The first-order chi connectivity index (χ1) is 13.8. The highest BCUT2D eigenvalue weighted by atomic mass is 32.2. The number of aromatic nitrogens is 3. The zero-order chi connectivity index (χ0) is 21.6. The summed E-state index contributed by atoms with van der Waals surface area (Å²) in [6, 6.07) is 9.74. The molecule has 0 aliphatic carbocycles. The van der Waals surface area contributed by atoms with Gasteiger partial charge in [0.1, 0.15) is 11.3 Å². The van der Waals surface area contributed by atoms with Crippen LogP contribution in [0.5, 0.6) is 5.75 Å². The highest BCUT2D eigenvalue weighted by Crippen LogP contribution is 2.28. The van der Waals surface area contributed by atoms with E-state index in [1.165, 1.54) is 11.8 Å². The van der Waals surface area contributed by atoms with Crippen LogP contribution in [-0.2, 0) is 11.3 Å². The molecule has 0 saturated carbocycles. The number of carbonyl (C=O) groups is 1. The number of nitrogens with one attached hydrogen (secondary N) is 1. The van der Waals surface area contributed by atoms with Gasteiger partial charge in [0.05, 0.1) is 18.4 Å². The maximum absolute atomic E-state index is 12.7. The summed E-state index contributed by atoms with van der Waals surface area (Å²) in [6.45, 7) is 11.7. The Balaban J connectivity index is 2.24. The van der Waals surface area contributed by atoms with E-state index in [0.29, 0.717) is 17.5 Å². The van der Waals surface area contributed by atoms with Crippen molar-refractivity contribution in [2.45, 2.75) is 50.2 Å². The molecule has 2 aromatic rings. The minimum absolute atomic E-state index is 0.0141. The molecule has 7 nitrogen and oxygen atoms in total. The molecule has 2 rings (SSSR count). The molecule has 1 aromatic heterocycles. The van der Waals surface area contributed by atoms with E-state index in [1.54, 1.807) is 27.0 Å². The van der Waals surface area contributed by atoms with Crippen LogP contribution in [0.1, 0.15) is 27.7 Å². The molecule has 0 radical (unpaired) electrons. The first-order valence-electron chi connectivity index (χ1n) is 9.34. The van der Waals surface area contributed by atoms with Gasteiger partial charge in [-0.2, -0.15) is 5.26 Å². The summed E-state index contributed by atoms with van der Waals surface area (Å²) in [7, 11) is 1.62. The van der Waals surface area contributed by atoms with Gasteiger partial charge in [-0.15, -0.1) is 16.8 Å². The zero-order valence-electron chi connectivity index (χ0n) is 17.5. The van der Waals surface area contributed by atoms with Crippen molar-refractivity contribution in [1.82, 2.24) is 20.1 Å². The molecule has 0 aliphatic heterocycles. The maximum Gasteiger partial charge on any atom is 0.234 e. The molecule has 1 N–H and O–H groups in total.